The Balaban J connectivity index is 1.50. The molecular weight excluding hydrogens is 533 g/mol. The van der Waals surface area contributed by atoms with E-state index in [1.165, 1.54) is 17.0 Å². The van der Waals surface area contributed by atoms with E-state index in [0.29, 0.717) is 36.1 Å². The van der Waals surface area contributed by atoms with E-state index in [4.69, 9.17) is 10.5 Å². The van der Waals surface area contributed by atoms with Crippen LogP contribution >= 0.6 is 0 Å². The maximum absolute atomic E-state index is 13.2. The van der Waals surface area contributed by atoms with Crippen molar-refractivity contribution in [1.82, 2.24) is 4.90 Å². The quantitative estimate of drug-likeness (QED) is 0.165. The van der Waals surface area contributed by atoms with Gasteiger partial charge in [-0.15, -0.1) is 0 Å². The molecule has 0 radical (unpaired) electrons. The number of benzene rings is 3. The van der Waals surface area contributed by atoms with Crippen molar-refractivity contribution in [2.45, 2.75) is 64.1 Å². The predicted molar refractivity (Wildman–Crippen MR) is 149 cm³/mol. The van der Waals surface area contributed by atoms with Crippen molar-refractivity contribution in [1.29, 1.82) is 0 Å². The molecule has 0 bridgehead atoms. The highest BCUT2D eigenvalue weighted by atomic mass is 19.4. The molecule has 1 unspecified atom stereocenters. The number of fused-ring (bicyclic) bond motifs is 1. The van der Waals surface area contributed by atoms with Crippen LogP contribution in [0.4, 0.5) is 13.2 Å². The Morgan fingerprint density at radius 2 is 1.66 bits per heavy atom. The summed E-state index contributed by atoms with van der Waals surface area (Å²) in [6.07, 6.45) is 1.40. The number of carbonyl (C=O) groups excluding carboxylic acids is 3. The molecule has 1 atom stereocenters. The van der Waals surface area contributed by atoms with Crippen molar-refractivity contribution in [3.63, 3.8) is 0 Å². The van der Waals surface area contributed by atoms with Crippen LogP contribution in [-0.4, -0.2) is 29.2 Å². The second-order valence-electron chi connectivity index (χ2n) is 10.2. The Hall–Kier alpha value is -4.14. The summed E-state index contributed by atoms with van der Waals surface area (Å²) in [6.45, 7) is 2.45. The molecular formula is C32H33F3N2O4. The molecule has 1 aliphatic heterocycles. The number of ether oxygens (including phenoxy) is 1. The molecule has 1 heterocycles. The summed E-state index contributed by atoms with van der Waals surface area (Å²) in [6, 6.07) is 15.0. The molecule has 0 spiro atoms. The number of esters is 1. The standard InChI is InChI=1S/C32H33F3N2O4/c1-2-3-4-5-6-11-28(38)37-19-18-22-20-24(16-17-26(22)29(37)30(36)39)41-31(40)27-10-8-7-9-25(27)21-12-14-23(15-13-21)32(33,34)35/h7-10,12-17,20,29H,2-6,11,18-19H2,1H3,(H2,36,39). The number of nitrogens with zero attached hydrogens (tertiary/aromatic N) is 1. The van der Waals surface area contributed by atoms with E-state index >= 15 is 0 Å². The number of rotatable bonds is 10. The van der Waals surface area contributed by atoms with Crippen molar-refractivity contribution < 1.29 is 32.3 Å². The number of nitrogens with two attached hydrogens (primary N) is 1. The van der Waals surface area contributed by atoms with Crippen LogP contribution in [0.5, 0.6) is 5.75 Å². The van der Waals surface area contributed by atoms with E-state index in [1.54, 1.807) is 42.5 Å². The van der Waals surface area contributed by atoms with Crippen molar-refractivity contribution in [3.05, 3.63) is 89.0 Å². The molecule has 1 aliphatic rings. The molecule has 2 N–H and O–H groups in total. The Morgan fingerprint density at radius 3 is 2.34 bits per heavy atom. The fourth-order valence-electron chi connectivity index (χ4n) is 5.18. The second-order valence-corrected chi connectivity index (χ2v) is 10.2. The van der Waals surface area contributed by atoms with Gasteiger partial charge in [0.25, 0.3) is 0 Å². The molecule has 4 rings (SSSR count). The molecule has 3 aromatic rings. The lowest BCUT2D eigenvalue weighted by atomic mass is 9.91. The Bertz CT molecular complexity index is 1400. The van der Waals surface area contributed by atoms with Gasteiger partial charge in [0.15, 0.2) is 0 Å². The fourth-order valence-corrected chi connectivity index (χ4v) is 5.18. The highest BCUT2D eigenvalue weighted by molar-refractivity contribution is 5.98. The zero-order chi connectivity index (χ0) is 29.6. The van der Waals surface area contributed by atoms with Gasteiger partial charge in [-0.1, -0.05) is 69.0 Å². The van der Waals surface area contributed by atoms with Crippen LogP contribution in [-0.2, 0) is 22.2 Å². The topological polar surface area (TPSA) is 89.7 Å². The van der Waals surface area contributed by atoms with Crippen LogP contribution in [0.15, 0.2) is 66.7 Å². The average molecular weight is 567 g/mol. The minimum atomic E-state index is -4.46. The highest BCUT2D eigenvalue weighted by Gasteiger charge is 2.35. The third kappa shape index (κ3) is 7.14. The van der Waals surface area contributed by atoms with Gasteiger partial charge >= 0.3 is 12.1 Å². The number of unbranched alkanes of at least 4 members (excludes halogenated alkanes) is 4. The van der Waals surface area contributed by atoms with Crippen molar-refractivity contribution in [3.8, 4) is 16.9 Å². The first-order chi connectivity index (χ1) is 19.6. The van der Waals surface area contributed by atoms with Gasteiger partial charge in [-0.25, -0.2) is 4.79 Å². The van der Waals surface area contributed by atoms with Gasteiger partial charge in [0, 0.05) is 13.0 Å². The molecule has 0 aromatic heterocycles. The number of carbonyl (C=O) groups is 3. The van der Waals surface area contributed by atoms with Crippen LogP contribution in [0.3, 0.4) is 0 Å². The molecule has 6 nitrogen and oxygen atoms in total. The molecule has 0 saturated heterocycles. The lowest BCUT2D eigenvalue weighted by molar-refractivity contribution is -0.140. The molecule has 2 amide bonds. The SMILES string of the molecule is CCCCCCCC(=O)N1CCc2cc(OC(=O)c3ccccc3-c3ccc(C(F)(F)F)cc3)ccc2C1C(N)=O. The van der Waals surface area contributed by atoms with E-state index in [9.17, 15) is 27.6 Å². The Morgan fingerprint density at radius 1 is 0.951 bits per heavy atom. The summed E-state index contributed by atoms with van der Waals surface area (Å²) in [7, 11) is 0. The summed E-state index contributed by atoms with van der Waals surface area (Å²) in [5.74, 6) is -1.16. The zero-order valence-corrected chi connectivity index (χ0v) is 22.9. The fraction of sp³-hybridized carbons (Fsp3) is 0.344. The molecule has 216 valence electrons. The Labute approximate surface area is 237 Å². The molecule has 3 aromatic carbocycles. The number of halogens is 3. The molecule has 0 saturated carbocycles. The molecule has 41 heavy (non-hydrogen) atoms. The van der Waals surface area contributed by atoms with Gasteiger partial charge in [0.1, 0.15) is 11.8 Å². The van der Waals surface area contributed by atoms with Gasteiger partial charge in [-0.3, -0.25) is 9.59 Å². The summed E-state index contributed by atoms with van der Waals surface area (Å²) >= 11 is 0. The maximum atomic E-state index is 13.2. The van der Waals surface area contributed by atoms with Gasteiger partial charge in [-0.05, 0) is 65.4 Å². The summed E-state index contributed by atoms with van der Waals surface area (Å²) in [5.41, 5.74) is 7.36. The van der Waals surface area contributed by atoms with E-state index < -0.39 is 29.7 Å². The van der Waals surface area contributed by atoms with Gasteiger partial charge < -0.3 is 15.4 Å². The first-order valence-electron chi connectivity index (χ1n) is 13.8. The second kappa shape index (κ2) is 13.0. The molecule has 9 heteroatoms. The third-order valence-corrected chi connectivity index (χ3v) is 7.31. The summed E-state index contributed by atoms with van der Waals surface area (Å²) in [5, 5.41) is 0. The van der Waals surface area contributed by atoms with Crippen molar-refractivity contribution >= 4 is 17.8 Å². The van der Waals surface area contributed by atoms with Gasteiger partial charge in [0.05, 0.1) is 11.1 Å². The number of alkyl halides is 3. The minimum Gasteiger partial charge on any atom is -0.423 e. The van der Waals surface area contributed by atoms with Gasteiger partial charge in [0.2, 0.25) is 11.8 Å². The number of hydrogen-bond acceptors (Lipinski definition) is 4. The first kappa shape index (κ1) is 29.8. The number of amides is 2. The lowest BCUT2D eigenvalue weighted by Gasteiger charge is -2.35. The molecule has 0 fully saturated rings. The van der Waals surface area contributed by atoms with Crippen LogP contribution in [0.25, 0.3) is 11.1 Å². The van der Waals surface area contributed by atoms with E-state index in [1.807, 2.05) is 0 Å². The predicted octanol–water partition coefficient (Wildman–Crippen LogP) is 6.86. The number of primary amides is 1. The summed E-state index contributed by atoms with van der Waals surface area (Å²) < 4.78 is 44.6. The normalized spacial score (nSPS) is 14.8. The van der Waals surface area contributed by atoms with Crippen LogP contribution < -0.4 is 10.5 Å². The first-order valence-corrected chi connectivity index (χ1v) is 13.8. The lowest BCUT2D eigenvalue weighted by Crippen LogP contribution is -2.45. The van der Waals surface area contributed by atoms with Crippen molar-refractivity contribution in [2.75, 3.05) is 6.54 Å². The number of hydrogen-bond donors (Lipinski definition) is 1. The highest BCUT2D eigenvalue weighted by Crippen LogP contribution is 2.34. The van der Waals surface area contributed by atoms with Crippen molar-refractivity contribution in [2.24, 2.45) is 5.73 Å². The smallest absolute Gasteiger partial charge is 0.416 e. The minimum absolute atomic E-state index is 0.105. The van der Waals surface area contributed by atoms with E-state index in [0.717, 1.165) is 49.8 Å². The van der Waals surface area contributed by atoms with E-state index in [2.05, 4.69) is 6.92 Å². The monoisotopic (exact) mass is 566 g/mol. The summed E-state index contributed by atoms with van der Waals surface area (Å²) in [4.78, 5) is 40.0. The maximum Gasteiger partial charge on any atom is 0.416 e. The molecule has 0 aliphatic carbocycles. The average Bonchev–Trinajstić information content (AvgIpc) is 2.95. The largest absolute Gasteiger partial charge is 0.423 e. The van der Waals surface area contributed by atoms with E-state index in [-0.39, 0.29) is 17.2 Å². The van der Waals surface area contributed by atoms with Crippen LogP contribution in [0.1, 0.15) is 78.5 Å². The van der Waals surface area contributed by atoms with Gasteiger partial charge in [-0.2, -0.15) is 13.2 Å². The van der Waals surface area contributed by atoms with Crippen LogP contribution in [0.2, 0.25) is 0 Å². The Kier molecular flexibility index (Phi) is 9.47. The third-order valence-electron chi connectivity index (χ3n) is 7.31. The van der Waals surface area contributed by atoms with Crippen LogP contribution in [0, 0.1) is 0 Å². The zero-order valence-electron chi connectivity index (χ0n) is 22.9.